The number of aromatic amines is 1. The summed E-state index contributed by atoms with van der Waals surface area (Å²) in [6.07, 6.45) is 2.71. The number of carbonyl (C=O) groups excluding carboxylic acids is 1. The second-order valence-electron chi connectivity index (χ2n) is 5.94. The predicted molar refractivity (Wildman–Crippen MR) is 91.5 cm³/mol. The molecule has 2 heterocycles. The van der Waals surface area contributed by atoms with Gasteiger partial charge in [0.2, 0.25) is 5.91 Å². The van der Waals surface area contributed by atoms with Crippen LogP contribution in [0.25, 0.3) is 11.3 Å². The maximum atomic E-state index is 11.1. The molecule has 0 aliphatic heterocycles. The van der Waals surface area contributed by atoms with Crippen LogP contribution < -0.4 is 5.32 Å². The molecular formula is C17H20N6O. The van der Waals surface area contributed by atoms with Crippen LogP contribution in [0.2, 0.25) is 0 Å². The number of hydrogen-bond acceptors (Lipinski definition) is 4. The van der Waals surface area contributed by atoms with Gasteiger partial charge in [0.1, 0.15) is 5.69 Å². The Labute approximate surface area is 140 Å². The van der Waals surface area contributed by atoms with E-state index in [2.05, 4.69) is 32.7 Å². The van der Waals surface area contributed by atoms with E-state index < -0.39 is 0 Å². The van der Waals surface area contributed by atoms with Crippen molar-refractivity contribution >= 4 is 11.6 Å². The largest absolute Gasteiger partial charge is 0.326 e. The summed E-state index contributed by atoms with van der Waals surface area (Å²) in [7, 11) is 0. The molecule has 0 saturated carbocycles. The first-order valence-corrected chi connectivity index (χ1v) is 7.82. The Kier molecular flexibility index (Phi) is 4.41. The maximum Gasteiger partial charge on any atom is 0.221 e. The highest BCUT2D eigenvalue weighted by Crippen LogP contribution is 2.21. The van der Waals surface area contributed by atoms with Crippen LogP contribution in [-0.2, 0) is 11.2 Å². The van der Waals surface area contributed by atoms with Gasteiger partial charge in [-0.1, -0.05) is 17.3 Å². The highest BCUT2D eigenvalue weighted by Gasteiger charge is 2.12. The molecule has 0 unspecified atom stereocenters. The molecule has 2 aromatic heterocycles. The molecule has 3 rings (SSSR count). The molecular weight excluding hydrogens is 304 g/mol. The number of amides is 1. The molecule has 7 nitrogen and oxygen atoms in total. The first-order chi connectivity index (χ1) is 11.5. The van der Waals surface area contributed by atoms with Crippen LogP contribution in [0.15, 0.2) is 36.5 Å². The monoisotopic (exact) mass is 324 g/mol. The minimum Gasteiger partial charge on any atom is -0.326 e. The van der Waals surface area contributed by atoms with Crippen molar-refractivity contribution in [2.24, 2.45) is 0 Å². The molecule has 7 heteroatoms. The van der Waals surface area contributed by atoms with Gasteiger partial charge in [0.25, 0.3) is 0 Å². The number of aryl methyl sites for hydroxylation is 1. The van der Waals surface area contributed by atoms with Crippen molar-refractivity contribution in [3.8, 4) is 11.3 Å². The topological polar surface area (TPSA) is 88.5 Å². The second-order valence-corrected chi connectivity index (χ2v) is 5.94. The van der Waals surface area contributed by atoms with E-state index >= 15 is 0 Å². The summed E-state index contributed by atoms with van der Waals surface area (Å²) in [6, 6.07) is 9.74. The zero-order valence-electron chi connectivity index (χ0n) is 13.9. The van der Waals surface area contributed by atoms with E-state index in [0.717, 1.165) is 34.8 Å². The van der Waals surface area contributed by atoms with Gasteiger partial charge in [-0.2, -0.15) is 5.10 Å². The number of carbonyl (C=O) groups is 1. The highest BCUT2D eigenvalue weighted by molar-refractivity contribution is 5.88. The molecule has 0 fully saturated rings. The van der Waals surface area contributed by atoms with Gasteiger partial charge in [0.15, 0.2) is 0 Å². The Balaban J connectivity index is 1.71. The van der Waals surface area contributed by atoms with Crippen LogP contribution in [0, 0.1) is 6.92 Å². The van der Waals surface area contributed by atoms with Crippen LogP contribution in [0.5, 0.6) is 0 Å². The van der Waals surface area contributed by atoms with Crippen LogP contribution in [0.3, 0.4) is 0 Å². The van der Waals surface area contributed by atoms with Gasteiger partial charge in [-0.25, -0.2) is 4.68 Å². The third-order valence-electron chi connectivity index (χ3n) is 3.73. The first-order valence-electron chi connectivity index (χ1n) is 7.82. The molecule has 0 spiro atoms. The van der Waals surface area contributed by atoms with Crippen LogP contribution in [0.4, 0.5) is 5.69 Å². The average Bonchev–Trinajstić information content (AvgIpc) is 3.17. The molecule has 0 saturated heterocycles. The van der Waals surface area contributed by atoms with Gasteiger partial charge < -0.3 is 5.32 Å². The summed E-state index contributed by atoms with van der Waals surface area (Å²) in [4.78, 5) is 11.1. The third-order valence-corrected chi connectivity index (χ3v) is 3.73. The van der Waals surface area contributed by atoms with E-state index in [1.807, 2.05) is 48.1 Å². The molecule has 3 aromatic rings. The minimum absolute atomic E-state index is 0.0869. The standard InChI is InChI=1S/C17H20N6O/c1-11-8-16(20-19-11)9-12(2)23-10-17(21-22-23)14-4-6-15(7-5-14)18-13(3)24/h4-8,10,12H,9H2,1-3H3,(H,18,24)(H,19,20)/t12-/m1/s1. The molecule has 1 aromatic carbocycles. The fourth-order valence-corrected chi connectivity index (χ4v) is 2.53. The SMILES string of the molecule is CC(=O)Nc1ccc(-c2cn([C@H](C)Cc3cc(C)[nH]n3)nn2)cc1. The Hall–Kier alpha value is -2.96. The lowest BCUT2D eigenvalue weighted by atomic mass is 10.1. The second kappa shape index (κ2) is 6.66. The van der Waals surface area contributed by atoms with E-state index in [4.69, 9.17) is 0 Å². The number of rotatable bonds is 5. The molecule has 1 atom stereocenters. The molecule has 1 amide bonds. The van der Waals surface area contributed by atoms with Gasteiger partial charge in [-0.15, -0.1) is 5.10 Å². The van der Waals surface area contributed by atoms with Gasteiger partial charge in [0, 0.05) is 30.3 Å². The molecule has 0 radical (unpaired) electrons. The van der Waals surface area contributed by atoms with Crippen molar-refractivity contribution in [1.29, 1.82) is 0 Å². The quantitative estimate of drug-likeness (QED) is 0.755. The number of hydrogen-bond donors (Lipinski definition) is 2. The van der Waals surface area contributed by atoms with Gasteiger partial charge in [0.05, 0.1) is 17.9 Å². The van der Waals surface area contributed by atoms with Crippen LogP contribution in [0.1, 0.15) is 31.3 Å². The zero-order valence-corrected chi connectivity index (χ0v) is 13.9. The van der Waals surface area contributed by atoms with Crippen molar-refractivity contribution in [3.63, 3.8) is 0 Å². The normalized spacial score (nSPS) is 12.1. The molecule has 0 aliphatic rings. The van der Waals surface area contributed by atoms with Gasteiger partial charge >= 0.3 is 0 Å². The van der Waals surface area contributed by atoms with Gasteiger partial charge in [-0.3, -0.25) is 9.89 Å². The van der Waals surface area contributed by atoms with Crippen molar-refractivity contribution in [3.05, 3.63) is 47.9 Å². The van der Waals surface area contributed by atoms with Crippen LogP contribution >= 0.6 is 0 Å². The molecule has 24 heavy (non-hydrogen) atoms. The fourth-order valence-electron chi connectivity index (χ4n) is 2.53. The van der Waals surface area contributed by atoms with E-state index in [1.54, 1.807) is 0 Å². The summed E-state index contributed by atoms with van der Waals surface area (Å²) in [5.74, 6) is -0.0869. The minimum atomic E-state index is -0.0869. The third kappa shape index (κ3) is 3.68. The molecule has 0 aliphatic carbocycles. The number of nitrogens with zero attached hydrogens (tertiary/aromatic N) is 4. The molecule has 0 bridgehead atoms. The lowest BCUT2D eigenvalue weighted by Gasteiger charge is -2.08. The zero-order chi connectivity index (χ0) is 17.1. The summed E-state index contributed by atoms with van der Waals surface area (Å²) in [6.45, 7) is 5.56. The fraction of sp³-hybridized carbons (Fsp3) is 0.294. The van der Waals surface area contributed by atoms with Crippen molar-refractivity contribution < 1.29 is 4.79 Å². The predicted octanol–water partition coefficient (Wildman–Crippen LogP) is 2.74. The summed E-state index contributed by atoms with van der Waals surface area (Å²) >= 11 is 0. The Bertz CT molecular complexity index is 833. The first kappa shape index (κ1) is 15.9. The van der Waals surface area contributed by atoms with E-state index in [0.29, 0.717) is 0 Å². The van der Waals surface area contributed by atoms with E-state index in [-0.39, 0.29) is 11.9 Å². The number of benzene rings is 1. The van der Waals surface area contributed by atoms with Crippen LogP contribution in [-0.4, -0.2) is 31.1 Å². The molecule has 124 valence electrons. The molecule has 2 N–H and O–H groups in total. The van der Waals surface area contributed by atoms with Gasteiger partial charge in [-0.05, 0) is 32.0 Å². The smallest absolute Gasteiger partial charge is 0.221 e. The summed E-state index contributed by atoms with van der Waals surface area (Å²) < 4.78 is 1.85. The Morgan fingerprint density at radius 3 is 2.71 bits per heavy atom. The summed E-state index contributed by atoms with van der Waals surface area (Å²) in [5, 5.41) is 18.4. The summed E-state index contributed by atoms with van der Waals surface area (Å²) in [5.41, 5.74) is 4.58. The highest BCUT2D eigenvalue weighted by atomic mass is 16.1. The van der Waals surface area contributed by atoms with Crippen molar-refractivity contribution in [2.45, 2.75) is 33.2 Å². The van der Waals surface area contributed by atoms with E-state index in [1.165, 1.54) is 6.92 Å². The number of H-pyrrole nitrogens is 1. The lowest BCUT2D eigenvalue weighted by Crippen LogP contribution is -2.09. The maximum absolute atomic E-state index is 11.1. The lowest BCUT2D eigenvalue weighted by molar-refractivity contribution is -0.114. The number of nitrogens with one attached hydrogen (secondary N) is 2. The van der Waals surface area contributed by atoms with Crippen molar-refractivity contribution in [1.82, 2.24) is 25.2 Å². The van der Waals surface area contributed by atoms with E-state index in [9.17, 15) is 4.79 Å². The average molecular weight is 324 g/mol. The number of aromatic nitrogens is 5. The Morgan fingerprint density at radius 1 is 1.33 bits per heavy atom. The Morgan fingerprint density at radius 2 is 2.08 bits per heavy atom. The number of anilines is 1. The van der Waals surface area contributed by atoms with Crippen molar-refractivity contribution in [2.75, 3.05) is 5.32 Å².